The first-order valence-corrected chi connectivity index (χ1v) is 10.0. The summed E-state index contributed by atoms with van der Waals surface area (Å²) in [7, 11) is 5.60. The van der Waals surface area contributed by atoms with Gasteiger partial charge in [0, 0.05) is 12.3 Å². The van der Waals surface area contributed by atoms with E-state index in [4.69, 9.17) is 12.7 Å². The highest BCUT2D eigenvalue weighted by Gasteiger charge is 2.22. The van der Waals surface area contributed by atoms with Crippen LogP contribution in [0.4, 0.5) is 15.8 Å². The van der Waals surface area contributed by atoms with Gasteiger partial charge in [-0.2, -0.15) is 0 Å². The summed E-state index contributed by atoms with van der Waals surface area (Å²) in [6.45, 7) is 0.726. The van der Waals surface area contributed by atoms with Crippen LogP contribution in [0.3, 0.4) is 0 Å². The van der Waals surface area contributed by atoms with Crippen LogP contribution in [-0.2, 0) is 11.4 Å². The fourth-order valence-corrected chi connectivity index (χ4v) is 3.10. The summed E-state index contributed by atoms with van der Waals surface area (Å²) in [4.78, 5) is 30.8. The van der Waals surface area contributed by atoms with Crippen LogP contribution >= 0.6 is 0 Å². The Kier molecular flexibility index (Phi) is 6.18. The maximum atomic E-state index is 14.3. The molecular weight excluding hydrogens is 396 g/mol. The Morgan fingerprint density at radius 3 is 2.61 bits per heavy atom. The van der Waals surface area contributed by atoms with Crippen LogP contribution in [0.5, 0.6) is 0 Å². The van der Waals surface area contributed by atoms with E-state index in [2.05, 4.69) is 10.8 Å². The van der Waals surface area contributed by atoms with E-state index >= 15 is 0 Å². The Labute approximate surface area is 180 Å². The van der Waals surface area contributed by atoms with E-state index < -0.39 is 11.7 Å². The molecular formula is C23H21BFN3O3. The van der Waals surface area contributed by atoms with Crippen LogP contribution in [0.1, 0.15) is 28.8 Å². The summed E-state index contributed by atoms with van der Waals surface area (Å²) >= 11 is 0. The molecule has 1 heterocycles. The van der Waals surface area contributed by atoms with E-state index in [-0.39, 0.29) is 28.0 Å². The van der Waals surface area contributed by atoms with E-state index in [9.17, 15) is 14.0 Å². The number of nitrogens with one attached hydrogen (secondary N) is 2. The second-order valence-electron chi connectivity index (χ2n) is 7.60. The number of aromatic nitrogens is 1. The fraction of sp³-hybridized carbons (Fsp3) is 0.217. The molecule has 0 unspecified atom stereocenters. The highest BCUT2D eigenvalue weighted by atomic mass is 19.1. The number of rotatable bonds is 8. The summed E-state index contributed by atoms with van der Waals surface area (Å²) < 4.78 is 15.7. The number of hydroxylamine groups is 1. The molecule has 0 aliphatic heterocycles. The fourth-order valence-electron chi connectivity index (χ4n) is 3.10. The highest BCUT2D eigenvalue weighted by molar-refractivity contribution is 6.32. The molecule has 2 aromatic carbocycles. The van der Waals surface area contributed by atoms with Crippen LogP contribution in [0, 0.1) is 11.7 Å². The minimum atomic E-state index is -0.593. The molecule has 1 aliphatic rings. The van der Waals surface area contributed by atoms with E-state index in [0.29, 0.717) is 19.1 Å². The first kappa shape index (κ1) is 20.9. The quantitative estimate of drug-likeness (QED) is 0.437. The summed E-state index contributed by atoms with van der Waals surface area (Å²) in [5.74, 6) is -0.653. The maximum absolute atomic E-state index is 14.3. The zero-order valence-corrected chi connectivity index (χ0v) is 16.8. The van der Waals surface area contributed by atoms with Gasteiger partial charge in [-0.25, -0.2) is 9.87 Å². The predicted octanol–water partition coefficient (Wildman–Crippen LogP) is 2.64. The number of amides is 1. The number of nitrogens with zero attached hydrogens (tertiary/aromatic N) is 1. The molecule has 156 valence electrons. The maximum Gasteiger partial charge on any atom is 0.278 e. The minimum absolute atomic E-state index is 0.0994. The monoisotopic (exact) mass is 417 g/mol. The molecule has 3 aromatic rings. The average Bonchev–Trinajstić information content (AvgIpc) is 3.57. The molecule has 6 nitrogen and oxygen atoms in total. The lowest BCUT2D eigenvalue weighted by Crippen LogP contribution is -2.29. The van der Waals surface area contributed by atoms with Gasteiger partial charge < -0.3 is 9.88 Å². The second-order valence-corrected chi connectivity index (χ2v) is 7.60. The average molecular weight is 417 g/mol. The van der Waals surface area contributed by atoms with Crippen molar-refractivity contribution in [1.29, 1.82) is 0 Å². The van der Waals surface area contributed by atoms with Gasteiger partial charge in [-0.1, -0.05) is 41.9 Å². The van der Waals surface area contributed by atoms with E-state index in [0.717, 1.165) is 24.5 Å². The van der Waals surface area contributed by atoms with Gasteiger partial charge in [0.25, 0.3) is 11.5 Å². The topological polar surface area (TPSA) is 72.4 Å². The number of halogens is 1. The Morgan fingerprint density at radius 1 is 1.13 bits per heavy atom. The van der Waals surface area contributed by atoms with Gasteiger partial charge >= 0.3 is 0 Å². The van der Waals surface area contributed by atoms with Gasteiger partial charge in [-0.05, 0) is 36.5 Å². The Balaban J connectivity index is 1.64. The lowest BCUT2D eigenvalue weighted by Gasteiger charge is -2.15. The second kappa shape index (κ2) is 9.18. The first-order valence-electron chi connectivity index (χ1n) is 10.0. The molecule has 8 heteroatoms. The standard InChI is InChI=1S/C23H21BFN3O3/c24-17-8-9-20(19(25)10-17)26-21-11-22(29)28(12-15-4-2-1-3-5-15)13-18(21)23(30)27-31-14-16-6-7-16/h1-5,8-11,13,16,26H,6-7,12,14H2,(H,27,30). The number of carbonyl (C=O) groups is 1. The Hall–Kier alpha value is -3.39. The van der Waals surface area contributed by atoms with Gasteiger partial charge in [0.2, 0.25) is 0 Å². The molecule has 1 aromatic heterocycles. The van der Waals surface area contributed by atoms with E-state index in [1.807, 2.05) is 30.3 Å². The molecule has 0 atom stereocenters. The van der Waals surface area contributed by atoms with Crippen molar-refractivity contribution in [2.75, 3.05) is 11.9 Å². The van der Waals surface area contributed by atoms with Crippen LogP contribution in [0.25, 0.3) is 0 Å². The van der Waals surface area contributed by atoms with Gasteiger partial charge in [0.1, 0.15) is 13.7 Å². The summed E-state index contributed by atoms with van der Waals surface area (Å²) in [6, 6.07) is 14.8. The minimum Gasteiger partial charge on any atom is -0.352 e. The summed E-state index contributed by atoms with van der Waals surface area (Å²) in [5.41, 5.74) is 3.69. The number of pyridine rings is 1. The van der Waals surface area contributed by atoms with Gasteiger partial charge in [0.15, 0.2) is 0 Å². The molecule has 1 fully saturated rings. The molecule has 4 rings (SSSR count). The Bertz CT molecular complexity index is 1150. The molecule has 1 saturated carbocycles. The van der Waals surface area contributed by atoms with Crippen molar-refractivity contribution >= 4 is 30.6 Å². The van der Waals surface area contributed by atoms with Crippen molar-refractivity contribution in [2.45, 2.75) is 19.4 Å². The molecule has 31 heavy (non-hydrogen) atoms. The van der Waals surface area contributed by atoms with Crippen molar-refractivity contribution in [1.82, 2.24) is 10.0 Å². The first-order chi connectivity index (χ1) is 15.0. The number of benzene rings is 2. The lowest BCUT2D eigenvalue weighted by atomic mass is 9.96. The number of anilines is 2. The van der Waals surface area contributed by atoms with Crippen LogP contribution < -0.4 is 21.8 Å². The van der Waals surface area contributed by atoms with Crippen LogP contribution in [0.15, 0.2) is 65.6 Å². The van der Waals surface area contributed by atoms with Crippen molar-refractivity contribution in [3.63, 3.8) is 0 Å². The van der Waals surface area contributed by atoms with Gasteiger partial charge in [-0.3, -0.25) is 14.4 Å². The number of hydrogen-bond acceptors (Lipinski definition) is 4. The summed E-state index contributed by atoms with van der Waals surface area (Å²) in [6.07, 6.45) is 3.62. The molecule has 1 aliphatic carbocycles. The zero-order chi connectivity index (χ0) is 21.8. The zero-order valence-electron chi connectivity index (χ0n) is 16.8. The third-order valence-electron chi connectivity index (χ3n) is 5.01. The smallest absolute Gasteiger partial charge is 0.278 e. The van der Waals surface area contributed by atoms with Crippen molar-refractivity contribution in [3.8, 4) is 0 Å². The van der Waals surface area contributed by atoms with Crippen molar-refractivity contribution < 1.29 is 14.0 Å². The summed E-state index contributed by atoms with van der Waals surface area (Å²) in [5, 5.41) is 2.83. The SMILES string of the molecule is [B]c1ccc(Nc2cc(=O)n(Cc3ccccc3)cc2C(=O)NOCC2CC2)c(F)c1. The van der Waals surface area contributed by atoms with Crippen molar-refractivity contribution in [2.24, 2.45) is 5.92 Å². The highest BCUT2D eigenvalue weighted by Crippen LogP contribution is 2.28. The van der Waals surface area contributed by atoms with Gasteiger partial charge in [0.05, 0.1) is 30.1 Å². The molecule has 2 radical (unpaired) electrons. The third-order valence-corrected chi connectivity index (χ3v) is 5.01. The third kappa shape index (κ3) is 5.41. The van der Waals surface area contributed by atoms with Gasteiger partial charge in [-0.15, -0.1) is 0 Å². The Morgan fingerprint density at radius 2 is 1.90 bits per heavy atom. The van der Waals surface area contributed by atoms with E-state index in [1.54, 1.807) is 0 Å². The predicted molar refractivity (Wildman–Crippen MR) is 117 cm³/mol. The largest absolute Gasteiger partial charge is 0.352 e. The molecule has 1 amide bonds. The number of hydrogen-bond donors (Lipinski definition) is 2. The van der Waals surface area contributed by atoms with Crippen molar-refractivity contribution in [3.05, 3.63) is 88.1 Å². The number of carbonyl (C=O) groups excluding carboxylic acids is 1. The molecule has 0 spiro atoms. The molecule has 2 N–H and O–H groups in total. The molecule has 0 bridgehead atoms. The lowest BCUT2D eigenvalue weighted by molar-refractivity contribution is 0.0270. The van der Waals surface area contributed by atoms with Crippen LogP contribution in [0.2, 0.25) is 0 Å². The van der Waals surface area contributed by atoms with Crippen LogP contribution in [-0.4, -0.2) is 24.9 Å². The normalized spacial score (nSPS) is 13.1. The molecule has 0 saturated heterocycles. The van der Waals surface area contributed by atoms with E-state index in [1.165, 1.54) is 29.0 Å².